The van der Waals surface area contributed by atoms with Crippen LogP contribution in [0.4, 0.5) is 0 Å². The molecule has 0 aliphatic heterocycles. The van der Waals surface area contributed by atoms with Crippen molar-refractivity contribution in [1.29, 1.82) is 0 Å². The first-order chi connectivity index (χ1) is 11.0. The van der Waals surface area contributed by atoms with Crippen LogP contribution in [0.25, 0.3) is 0 Å². The molecule has 0 rings (SSSR count). The first-order valence-electron chi connectivity index (χ1n) is 8.32. The zero-order chi connectivity index (χ0) is 18.8. The maximum atomic E-state index is 11.8. The van der Waals surface area contributed by atoms with Crippen LogP contribution >= 0.6 is 0 Å². The van der Waals surface area contributed by atoms with Crippen molar-refractivity contribution >= 4 is 22.1 Å². The summed E-state index contributed by atoms with van der Waals surface area (Å²) in [5.41, 5.74) is 0. The summed E-state index contributed by atoms with van der Waals surface area (Å²) in [7, 11) is -4.73. The van der Waals surface area contributed by atoms with Crippen molar-refractivity contribution in [1.82, 2.24) is 0 Å². The van der Waals surface area contributed by atoms with E-state index < -0.39 is 33.7 Å². The Morgan fingerprint density at radius 3 is 1.80 bits per heavy atom. The topological polar surface area (TPSA) is 107 Å². The molecule has 0 aromatic rings. The molecule has 0 heterocycles. The summed E-state index contributed by atoms with van der Waals surface area (Å²) >= 11 is 0. The second-order valence-electron chi connectivity index (χ2n) is 6.67. The summed E-state index contributed by atoms with van der Waals surface area (Å²) in [6.45, 7) is 8.29. The monoisotopic (exact) mass is 390 g/mol. The number of carbonyl (C=O) groups excluding carboxylic acids is 2. The maximum Gasteiger partial charge on any atom is 1.00 e. The molecule has 1 atom stereocenters. The third-order valence-electron chi connectivity index (χ3n) is 3.33. The van der Waals surface area contributed by atoms with Crippen molar-refractivity contribution < 1.29 is 63.0 Å². The summed E-state index contributed by atoms with van der Waals surface area (Å²) < 4.78 is 41.5. The molecule has 144 valence electrons. The van der Waals surface area contributed by atoms with E-state index >= 15 is 0 Å². The van der Waals surface area contributed by atoms with Crippen LogP contribution in [-0.2, 0) is 29.2 Å². The van der Waals surface area contributed by atoms with Gasteiger partial charge in [-0.05, 0) is 37.5 Å². The second-order valence-corrected chi connectivity index (χ2v) is 8.27. The molecule has 0 bridgehead atoms. The van der Waals surface area contributed by atoms with E-state index in [0.29, 0.717) is 24.7 Å². The fourth-order valence-electron chi connectivity index (χ4n) is 1.96. The van der Waals surface area contributed by atoms with Crippen LogP contribution in [0.3, 0.4) is 0 Å². The fraction of sp³-hybridized carbons (Fsp3) is 0.875. The first kappa shape index (κ1) is 27.1. The van der Waals surface area contributed by atoms with E-state index in [-0.39, 0.29) is 44.2 Å². The van der Waals surface area contributed by atoms with E-state index in [1.54, 1.807) is 0 Å². The summed E-state index contributed by atoms with van der Waals surface area (Å²) in [5, 5.41) is -1.94. The number of carbonyl (C=O) groups is 2. The molecular weight excluding hydrogens is 359 g/mol. The van der Waals surface area contributed by atoms with E-state index in [4.69, 9.17) is 14.0 Å². The minimum absolute atomic E-state index is 0. The standard InChI is InChI=1S/C16H30O7S.Na.H/c1-12(2)7-5-9-22-15(17)11-14(24(19,20)21)16(18)23-10-6-8-13(3)4;;/h12-14H,5-11H2,1-4H3,(H,19,20,21);;/q;+1;-1. The summed E-state index contributed by atoms with van der Waals surface area (Å²) in [6, 6.07) is 0. The van der Waals surface area contributed by atoms with E-state index in [1.165, 1.54) is 0 Å². The van der Waals surface area contributed by atoms with Crippen molar-refractivity contribution in [2.24, 2.45) is 11.8 Å². The zero-order valence-corrected chi connectivity index (χ0v) is 18.8. The number of esters is 2. The molecule has 0 aromatic carbocycles. The third-order valence-corrected chi connectivity index (χ3v) is 4.41. The SMILES string of the molecule is CC(C)CCCOC(=O)CC(C(=O)OCCCC(C)C)S(=O)(=O)O.[H-].[Na+]. The fourth-order valence-corrected chi connectivity index (χ4v) is 2.61. The number of hydrogen-bond acceptors (Lipinski definition) is 6. The van der Waals surface area contributed by atoms with Crippen LogP contribution in [0.1, 0.15) is 61.2 Å². The van der Waals surface area contributed by atoms with Gasteiger partial charge in [-0.1, -0.05) is 27.7 Å². The molecule has 0 aliphatic rings. The largest absolute Gasteiger partial charge is 1.00 e. The van der Waals surface area contributed by atoms with Gasteiger partial charge < -0.3 is 10.9 Å². The van der Waals surface area contributed by atoms with Gasteiger partial charge in [0.25, 0.3) is 10.1 Å². The molecule has 25 heavy (non-hydrogen) atoms. The number of ether oxygens (including phenoxy) is 2. The van der Waals surface area contributed by atoms with Gasteiger partial charge in [0, 0.05) is 0 Å². The second kappa shape index (κ2) is 14.0. The molecule has 0 saturated carbocycles. The molecule has 1 N–H and O–H groups in total. The minimum atomic E-state index is -4.73. The van der Waals surface area contributed by atoms with Crippen LogP contribution in [0.2, 0.25) is 0 Å². The Balaban J connectivity index is -0.00000264. The van der Waals surface area contributed by atoms with Crippen LogP contribution < -0.4 is 29.6 Å². The Morgan fingerprint density at radius 1 is 0.960 bits per heavy atom. The van der Waals surface area contributed by atoms with Gasteiger partial charge in [-0.15, -0.1) is 0 Å². The molecular formula is C16H31NaO7S. The van der Waals surface area contributed by atoms with Crippen molar-refractivity contribution in [2.45, 2.75) is 65.0 Å². The number of hydrogen-bond donors (Lipinski definition) is 1. The minimum Gasteiger partial charge on any atom is -1.00 e. The van der Waals surface area contributed by atoms with Gasteiger partial charge in [-0.3, -0.25) is 14.1 Å². The van der Waals surface area contributed by atoms with Crippen molar-refractivity contribution in [2.75, 3.05) is 13.2 Å². The average molecular weight is 390 g/mol. The van der Waals surface area contributed by atoms with Crippen molar-refractivity contribution in [3.63, 3.8) is 0 Å². The van der Waals surface area contributed by atoms with Crippen LogP contribution in [-0.4, -0.2) is 43.4 Å². The predicted octanol–water partition coefficient (Wildman–Crippen LogP) is -0.292. The molecule has 9 heteroatoms. The Bertz CT molecular complexity index is 495. The molecule has 0 amide bonds. The van der Waals surface area contributed by atoms with E-state index in [1.807, 2.05) is 27.7 Å². The van der Waals surface area contributed by atoms with Crippen LogP contribution in [0.5, 0.6) is 0 Å². The van der Waals surface area contributed by atoms with E-state index in [0.717, 1.165) is 12.8 Å². The van der Waals surface area contributed by atoms with Gasteiger partial charge in [0.1, 0.15) is 0 Å². The molecule has 0 spiro atoms. The zero-order valence-electron chi connectivity index (χ0n) is 17.0. The Hall–Kier alpha value is -0.150. The Kier molecular flexibility index (Phi) is 15.1. The Labute approximate surface area is 174 Å². The summed E-state index contributed by atoms with van der Waals surface area (Å²) in [5.74, 6) is -1.07. The molecule has 0 aliphatic carbocycles. The molecule has 1 unspecified atom stereocenters. The van der Waals surface area contributed by atoms with Crippen LogP contribution in [0, 0.1) is 11.8 Å². The third kappa shape index (κ3) is 14.7. The van der Waals surface area contributed by atoms with Gasteiger partial charge in [0.2, 0.25) is 0 Å². The van der Waals surface area contributed by atoms with Crippen molar-refractivity contribution in [3.8, 4) is 0 Å². The van der Waals surface area contributed by atoms with Gasteiger partial charge in [0.15, 0.2) is 5.25 Å². The molecule has 0 fully saturated rings. The summed E-state index contributed by atoms with van der Waals surface area (Å²) in [6.07, 6.45) is 2.18. The van der Waals surface area contributed by atoms with Gasteiger partial charge in [-0.2, -0.15) is 8.42 Å². The van der Waals surface area contributed by atoms with Gasteiger partial charge in [0.05, 0.1) is 19.6 Å². The molecule has 0 aromatic heterocycles. The molecule has 0 saturated heterocycles. The quantitative estimate of drug-likeness (QED) is 0.211. The molecule has 0 radical (unpaired) electrons. The first-order valence-corrected chi connectivity index (χ1v) is 9.83. The predicted molar refractivity (Wildman–Crippen MR) is 91.1 cm³/mol. The van der Waals surface area contributed by atoms with Gasteiger partial charge >= 0.3 is 41.5 Å². The Morgan fingerprint density at radius 2 is 1.40 bits per heavy atom. The van der Waals surface area contributed by atoms with E-state index in [2.05, 4.69) is 0 Å². The number of rotatable bonds is 12. The normalized spacial score (nSPS) is 12.6. The van der Waals surface area contributed by atoms with Gasteiger partial charge in [-0.25, -0.2) is 0 Å². The maximum absolute atomic E-state index is 11.8. The van der Waals surface area contributed by atoms with E-state index in [9.17, 15) is 18.0 Å². The smallest absolute Gasteiger partial charge is 1.00 e. The van der Waals surface area contributed by atoms with Crippen molar-refractivity contribution in [3.05, 3.63) is 0 Å². The molecule has 7 nitrogen and oxygen atoms in total. The van der Waals surface area contributed by atoms with Crippen LogP contribution in [0.15, 0.2) is 0 Å². The summed E-state index contributed by atoms with van der Waals surface area (Å²) in [4.78, 5) is 23.5. The average Bonchev–Trinajstić information content (AvgIpc) is 2.43.